The quantitative estimate of drug-likeness (QED) is 0.692. The highest BCUT2D eigenvalue weighted by Crippen LogP contribution is 2.41. The highest BCUT2D eigenvalue weighted by atomic mass is 32.2. The van der Waals surface area contributed by atoms with Gasteiger partial charge in [0, 0.05) is 12.1 Å². The Morgan fingerprint density at radius 3 is 2.56 bits per heavy atom. The van der Waals surface area contributed by atoms with E-state index in [1.54, 1.807) is 6.92 Å². The first-order chi connectivity index (χ1) is 15.0. The predicted molar refractivity (Wildman–Crippen MR) is 108 cm³/mol. The van der Waals surface area contributed by atoms with E-state index in [4.69, 9.17) is 4.84 Å². The molecule has 0 radical (unpaired) electrons. The summed E-state index contributed by atoms with van der Waals surface area (Å²) in [5.74, 6) is -2.26. The molecule has 32 heavy (non-hydrogen) atoms. The SMILES string of the molecule is CC1(c2ncc(F)cc2-c2c(F)cccc2F)CC(N2C[C@H](F)[C@H](NS(C)(=O)=O)C2)=NO1. The van der Waals surface area contributed by atoms with Gasteiger partial charge >= 0.3 is 0 Å². The van der Waals surface area contributed by atoms with Gasteiger partial charge in [0.15, 0.2) is 5.60 Å². The van der Waals surface area contributed by atoms with Gasteiger partial charge < -0.3 is 9.74 Å². The smallest absolute Gasteiger partial charge is 0.209 e. The predicted octanol–water partition coefficient (Wildman–Crippen LogP) is 2.69. The number of oxime groups is 1. The number of amidine groups is 1. The number of alkyl halides is 1. The third-order valence-corrected chi connectivity index (χ3v) is 6.15. The van der Waals surface area contributed by atoms with Gasteiger partial charge in [-0.05, 0) is 25.1 Å². The van der Waals surface area contributed by atoms with E-state index in [-0.39, 0.29) is 30.8 Å². The molecule has 0 spiro atoms. The van der Waals surface area contributed by atoms with Crippen molar-refractivity contribution in [1.82, 2.24) is 14.6 Å². The Kier molecular flexibility index (Phi) is 5.61. The van der Waals surface area contributed by atoms with Crippen molar-refractivity contribution in [2.75, 3.05) is 19.3 Å². The summed E-state index contributed by atoms with van der Waals surface area (Å²) in [6, 6.07) is 3.31. The summed E-state index contributed by atoms with van der Waals surface area (Å²) < 4.78 is 82.3. The second-order valence-corrected chi connectivity index (χ2v) is 9.85. The molecule has 1 unspecified atom stereocenters. The summed E-state index contributed by atoms with van der Waals surface area (Å²) in [6.45, 7) is 1.48. The number of hydrogen-bond acceptors (Lipinski definition) is 6. The van der Waals surface area contributed by atoms with Crippen LogP contribution >= 0.6 is 0 Å². The zero-order valence-electron chi connectivity index (χ0n) is 17.1. The van der Waals surface area contributed by atoms with Gasteiger partial charge in [-0.15, -0.1) is 0 Å². The summed E-state index contributed by atoms with van der Waals surface area (Å²) in [7, 11) is -3.61. The van der Waals surface area contributed by atoms with Crippen LogP contribution in [0.15, 0.2) is 35.6 Å². The molecule has 1 saturated heterocycles. The highest BCUT2D eigenvalue weighted by Gasteiger charge is 2.45. The van der Waals surface area contributed by atoms with Gasteiger partial charge in [0.2, 0.25) is 10.0 Å². The number of hydrogen-bond donors (Lipinski definition) is 1. The van der Waals surface area contributed by atoms with Crippen LogP contribution in [0.2, 0.25) is 0 Å². The fourth-order valence-electron chi connectivity index (χ4n) is 3.98. The van der Waals surface area contributed by atoms with E-state index < -0.39 is 50.9 Å². The molecule has 3 heterocycles. The summed E-state index contributed by atoms with van der Waals surface area (Å²) >= 11 is 0. The minimum atomic E-state index is -3.61. The summed E-state index contributed by atoms with van der Waals surface area (Å²) in [5.41, 5.74) is -1.83. The monoisotopic (exact) mass is 472 g/mol. The molecule has 2 aliphatic heterocycles. The molecule has 0 aliphatic carbocycles. The first kappa shape index (κ1) is 22.5. The summed E-state index contributed by atoms with van der Waals surface area (Å²) in [6.07, 6.45) is 0.432. The molecule has 172 valence electrons. The van der Waals surface area contributed by atoms with Crippen molar-refractivity contribution in [3.63, 3.8) is 0 Å². The Hall–Kier alpha value is -2.73. The van der Waals surface area contributed by atoms with Crippen molar-refractivity contribution in [3.8, 4) is 11.1 Å². The normalized spacial score (nSPS) is 25.7. The van der Waals surface area contributed by atoms with Gasteiger partial charge in [0.05, 0.1) is 42.7 Å². The molecular formula is C20H20F4N4O3S. The number of halogens is 4. The number of likely N-dealkylation sites (tertiary alicyclic amines) is 1. The molecule has 7 nitrogen and oxygen atoms in total. The van der Waals surface area contributed by atoms with Crippen LogP contribution in [0.4, 0.5) is 17.6 Å². The Bertz CT molecular complexity index is 1170. The molecule has 0 amide bonds. The van der Waals surface area contributed by atoms with E-state index in [0.717, 1.165) is 30.7 Å². The average molecular weight is 472 g/mol. The third-order valence-electron chi connectivity index (χ3n) is 5.41. The minimum Gasteiger partial charge on any atom is -0.381 e. The van der Waals surface area contributed by atoms with E-state index in [0.29, 0.717) is 5.84 Å². The lowest BCUT2D eigenvalue weighted by Gasteiger charge is -2.25. The molecule has 2 aliphatic rings. The van der Waals surface area contributed by atoms with Gasteiger partial charge in [-0.25, -0.2) is 30.7 Å². The van der Waals surface area contributed by atoms with Crippen molar-refractivity contribution in [2.45, 2.75) is 31.2 Å². The van der Waals surface area contributed by atoms with Gasteiger partial charge in [-0.2, -0.15) is 0 Å². The topological polar surface area (TPSA) is 83.9 Å². The number of nitrogens with one attached hydrogen (secondary N) is 1. The number of pyridine rings is 1. The lowest BCUT2D eigenvalue weighted by molar-refractivity contribution is -0.0104. The van der Waals surface area contributed by atoms with Gasteiger partial charge in [0.25, 0.3) is 0 Å². The van der Waals surface area contributed by atoms with Crippen LogP contribution in [0.5, 0.6) is 0 Å². The lowest BCUT2D eigenvalue weighted by atomic mass is 9.90. The molecule has 1 aromatic heterocycles. The van der Waals surface area contributed by atoms with Crippen LogP contribution < -0.4 is 4.72 Å². The molecule has 4 rings (SSSR count). The van der Waals surface area contributed by atoms with Crippen LogP contribution in [0, 0.1) is 17.5 Å². The molecule has 3 atom stereocenters. The second-order valence-electron chi connectivity index (χ2n) is 8.07. The van der Waals surface area contributed by atoms with Gasteiger partial charge in [-0.3, -0.25) is 4.98 Å². The van der Waals surface area contributed by atoms with Crippen molar-refractivity contribution in [1.29, 1.82) is 0 Å². The molecule has 1 fully saturated rings. The lowest BCUT2D eigenvalue weighted by Crippen LogP contribution is -2.41. The number of benzene rings is 1. The number of aromatic nitrogens is 1. The number of sulfonamides is 1. The van der Waals surface area contributed by atoms with Crippen LogP contribution in [-0.2, 0) is 20.5 Å². The third kappa shape index (κ3) is 4.29. The van der Waals surface area contributed by atoms with Crippen LogP contribution in [0.3, 0.4) is 0 Å². The maximum Gasteiger partial charge on any atom is 0.209 e. The highest BCUT2D eigenvalue weighted by molar-refractivity contribution is 7.88. The first-order valence-corrected chi connectivity index (χ1v) is 11.6. The van der Waals surface area contributed by atoms with Crippen molar-refractivity contribution in [2.24, 2.45) is 5.16 Å². The van der Waals surface area contributed by atoms with E-state index in [9.17, 15) is 26.0 Å². The van der Waals surface area contributed by atoms with E-state index >= 15 is 0 Å². The summed E-state index contributed by atoms with van der Waals surface area (Å²) in [5, 5.41) is 3.99. The van der Waals surface area contributed by atoms with Gasteiger partial charge in [-0.1, -0.05) is 11.2 Å². The molecule has 0 bridgehead atoms. The zero-order chi connectivity index (χ0) is 23.3. The first-order valence-electron chi connectivity index (χ1n) is 9.68. The molecule has 1 N–H and O–H groups in total. The fourth-order valence-corrected chi connectivity index (χ4v) is 4.76. The minimum absolute atomic E-state index is 0.0259. The number of rotatable bonds is 4. The number of nitrogens with zero attached hydrogens (tertiary/aromatic N) is 3. The Labute approximate surface area is 182 Å². The molecule has 12 heteroatoms. The van der Waals surface area contributed by atoms with Crippen molar-refractivity contribution >= 4 is 15.9 Å². The maximum atomic E-state index is 14.4. The Morgan fingerprint density at radius 1 is 1.22 bits per heavy atom. The molecule has 2 aromatic rings. The van der Waals surface area contributed by atoms with Crippen molar-refractivity contribution in [3.05, 3.63) is 53.6 Å². The van der Waals surface area contributed by atoms with Crippen LogP contribution in [0.25, 0.3) is 11.1 Å². The average Bonchev–Trinajstić information content (AvgIpc) is 3.24. The standard InChI is InChI=1S/C20H20F4N4O3S/c1-20(7-17(26-31-20)28-9-15(24)16(10-28)27-32(2,29)30)19-12(6-11(21)8-25-19)18-13(22)4-3-5-14(18)23/h3-6,8,15-16,27H,7,9-10H2,1-2H3/t15-,16+,20?/m0/s1. The summed E-state index contributed by atoms with van der Waals surface area (Å²) in [4.78, 5) is 11.1. The van der Waals surface area contributed by atoms with Crippen LogP contribution in [0.1, 0.15) is 19.0 Å². The Morgan fingerprint density at radius 2 is 1.91 bits per heavy atom. The van der Waals surface area contributed by atoms with E-state index in [2.05, 4.69) is 14.9 Å². The van der Waals surface area contributed by atoms with Gasteiger partial charge in [0.1, 0.15) is 29.5 Å². The van der Waals surface area contributed by atoms with E-state index in [1.807, 2.05) is 0 Å². The molecular weight excluding hydrogens is 452 g/mol. The largest absolute Gasteiger partial charge is 0.381 e. The maximum absolute atomic E-state index is 14.4. The second kappa shape index (κ2) is 8.00. The fraction of sp³-hybridized carbons (Fsp3) is 0.400. The Balaban J connectivity index is 1.62. The van der Waals surface area contributed by atoms with Crippen LogP contribution in [-0.4, -0.2) is 55.7 Å². The van der Waals surface area contributed by atoms with Crippen molar-refractivity contribution < 1.29 is 30.8 Å². The molecule has 0 saturated carbocycles. The van der Waals surface area contributed by atoms with E-state index in [1.165, 1.54) is 11.0 Å². The molecule has 1 aromatic carbocycles. The zero-order valence-corrected chi connectivity index (χ0v) is 18.0.